The van der Waals surface area contributed by atoms with Crippen molar-refractivity contribution in [1.82, 2.24) is 9.97 Å². The summed E-state index contributed by atoms with van der Waals surface area (Å²) in [6.45, 7) is 6.95. The second kappa shape index (κ2) is 9.04. The first-order chi connectivity index (χ1) is 12.8. The molecule has 0 atom stereocenters. The molecule has 0 saturated heterocycles. The van der Waals surface area contributed by atoms with E-state index in [1.54, 1.807) is 6.26 Å². The van der Waals surface area contributed by atoms with Crippen molar-refractivity contribution in [1.29, 1.82) is 0 Å². The Kier molecular flexibility index (Phi) is 6.25. The number of hydrogen-bond donors (Lipinski definition) is 1. The third-order valence-corrected chi connectivity index (χ3v) is 4.08. The molecule has 0 radical (unpaired) electrons. The van der Waals surface area contributed by atoms with Crippen molar-refractivity contribution >= 4 is 11.6 Å². The summed E-state index contributed by atoms with van der Waals surface area (Å²) in [5, 5.41) is 3.37. The molecule has 0 unspecified atom stereocenters. The summed E-state index contributed by atoms with van der Waals surface area (Å²) in [5.74, 6) is 3.39. The standard InChI is InChI=1S/C21H26N4O/c1-3-12-25(13-4-2)20-15-19(22-16-18-11-8-14-26-18)23-21(24-20)17-9-6-5-7-10-17/h5-11,14-15H,3-4,12-13,16H2,1-2H3,(H,22,23,24). The minimum Gasteiger partial charge on any atom is -0.467 e. The fourth-order valence-electron chi connectivity index (χ4n) is 2.87. The summed E-state index contributed by atoms with van der Waals surface area (Å²) < 4.78 is 5.41. The van der Waals surface area contributed by atoms with Crippen LogP contribution in [0.5, 0.6) is 0 Å². The van der Waals surface area contributed by atoms with E-state index in [1.807, 2.05) is 48.5 Å². The molecule has 0 aliphatic rings. The molecular weight excluding hydrogens is 324 g/mol. The Labute approximate surface area is 155 Å². The van der Waals surface area contributed by atoms with Crippen LogP contribution in [0.1, 0.15) is 32.4 Å². The van der Waals surface area contributed by atoms with Gasteiger partial charge in [-0.1, -0.05) is 44.2 Å². The van der Waals surface area contributed by atoms with Gasteiger partial charge in [0.1, 0.15) is 17.4 Å². The summed E-state index contributed by atoms with van der Waals surface area (Å²) in [6, 6.07) is 16.0. The summed E-state index contributed by atoms with van der Waals surface area (Å²) in [7, 11) is 0. The van der Waals surface area contributed by atoms with Crippen LogP contribution in [-0.2, 0) is 6.54 Å². The highest BCUT2D eigenvalue weighted by Gasteiger charge is 2.12. The molecule has 0 saturated carbocycles. The molecule has 136 valence electrons. The normalized spacial score (nSPS) is 10.7. The molecule has 0 aliphatic carbocycles. The molecule has 0 bridgehead atoms. The van der Waals surface area contributed by atoms with Gasteiger partial charge in [0, 0.05) is 24.7 Å². The van der Waals surface area contributed by atoms with Gasteiger partial charge in [0.05, 0.1) is 12.8 Å². The third kappa shape index (κ3) is 4.63. The van der Waals surface area contributed by atoms with Gasteiger partial charge < -0.3 is 14.6 Å². The molecule has 3 aromatic rings. The Bertz CT molecular complexity index is 781. The van der Waals surface area contributed by atoms with E-state index in [2.05, 4.69) is 24.1 Å². The van der Waals surface area contributed by atoms with E-state index in [4.69, 9.17) is 14.4 Å². The first-order valence-corrected chi connectivity index (χ1v) is 9.26. The summed E-state index contributed by atoms with van der Waals surface area (Å²) in [5.41, 5.74) is 1.02. The van der Waals surface area contributed by atoms with E-state index in [9.17, 15) is 0 Å². The van der Waals surface area contributed by atoms with E-state index in [0.717, 1.165) is 54.7 Å². The molecule has 0 aliphatic heterocycles. The van der Waals surface area contributed by atoms with Crippen LogP contribution in [0.3, 0.4) is 0 Å². The predicted molar refractivity (Wildman–Crippen MR) is 106 cm³/mol. The number of nitrogens with one attached hydrogen (secondary N) is 1. The zero-order chi connectivity index (χ0) is 18.2. The Morgan fingerprint density at radius 1 is 0.962 bits per heavy atom. The molecule has 5 nitrogen and oxygen atoms in total. The first-order valence-electron chi connectivity index (χ1n) is 9.26. The molecule has 5 heteroatoms. The van der Waals surface area contributed by atoms with Gasteiger partial charge in [-0.2, -0.15) is 0 Å². The molecule has 2 aromatic heterocycles. The Hall–Kier alpha value is -2.82. The quantitative estimate of drug-likeness (QED) is 0.590. The van der Waals surface area contributed by atoms with Crippen molar-refractivity contribution in [2.24, 2.45) is 0 Å². The average molecular weight is 350 g/mol. The maximum atomic E-state index is 5.41. The van der Waals surface area contributed by atoms with Crippen LogP contribution in [0, 0.1) is 0 Å². The highest BCUT2D eigenvalue weighted by atomic mass is 16.3. The number of nitrogens with zero attached hydrogens (tertiary/aromatic N) is 3. The second-order valence-corrected chi connectivity index (χ2v) is 6.22. The lowest BCUT2D eigenvalue weighted by atomic mass is 10.2. The van der Waals surface area contributed by atoms with Gasteiger partial charge in [-0.25, -0.2) is 9.97 Å². The molecule has 0 fully saturated rings. The maximum absolute atomic E-state index is 5.41. The summed E-state index contributed by atoms with van der Waals surface area (Å²) in [6.07, 6.45) is 3.85. The number of anilines is 2. The lowest BCUT2D eigenvalue weighted by molar-refractivity contribution is 0.518. The van der Waals surface area contributed by atoms with E-state index in [-0.39, 0.29) is 0 Å². The van der Waals surface area contributed by atoms with Gasteiger partial charge in [-0.3, -0.25) is 0 Å². The molecule has 26 heavy (non-hydrogen) atoms. The van der Waals surface area contributed by atoms with Crippen molar-refractivity contribution in [2.75, 3.05) is 23.3 Å². The van der Waals surface area contributed by atoms with Crippen LogP contribution in [-0.4, -0.2) is 23.1 Å². The van der Waals surface area contributed by atoms with Gasteiger partial charge in [0.25, 0.3) is 0 Å². The lowest BCUT2D eigenvalue weighted by Gasteiger charge is -2.23. The van der Waals surface area contributed by atoms with Crippen molar-refractivity contribution < 1.29 is 4.42 Å². The van der Waals surface area contributed by atoms with Gasteiger partial charge >= 0.3 is 0 Å². The molecule has 3 rings (SSSR count). The summed E-state index contributed by atoms with van der Waals surface area (Å²) >= 11 is 0. The summed E-state index contributed by atoms with van der Waals surface area (Å²) in [4.78, 5) is 11.9. The first kappa shape index (κ1) is 18.0. The van der Waals surface area contributed by atoms with E-state index < -0.39 is 0 Å². The Morgan fingerprint density at radius 3 is 2.38 bits per heavy atom. The highest BCUT2D eigenvalue weighted by Crippen LogP contribution is 2.23. The van der Waals surface area contributed by atoms with Gasteiger partial charge in [0.15, 0.2) is 5.82 Å². The van der Waals surface area contributed by atoms with Crippen molar-refractivity contribution in [3.05, 3.63) is 60.6 Å². The van der Waals surface area contributed by atoms with Crippen LogP contribution in [0.15, 0.2) is 59.2 Å². The van der Waals surface area contributed by atoms with E-state index in [0.29, 0.717) is 6.54 Å². The zero-order valence-electron chi connectivity index (χ0n) is 15.5. The highest BCUT2D eigenvalue weighted by molar-refractivity contribution is 5.61. The van der Waals surface area contributed by atoms with Gasteiger partial charge in [0.2, 0.25) is 0 Å². The van der Waals surface area contributed by atoms with Gasteiger partial charge in [-0.15, -0.1) is 0 Å². The number of hydrogen-bond acceptors (Lipinski definition) is 5. The number of furan rings is 1. The smallest absolute Gasteiger partial charge is 0.163 e. The monoisotopic (exact) mass is 350 g/mol. The second-order valence-electron chi connectivity index (χ2n) is 6.22. The fraction of sp³-hybridized carbons (Fsp3) is 0.333. The van der Waals surface area contributed by atoms with Crippen molar-refractivity contribution in [3.8, 4) is 11.4 Å². The van der Waals surface area contributed by atoms with E-state index in [1.165, 1.54) is 0 Å². The molecule has 1 N–H and O–H groups in total. The third-order valence-electron chi connectivity index (χ3n) is 4.08. The van der Waals surface area contributed by atoms with Crippen LogP contribution in [0.2, 0.25) is 0 Å². The van der Waals surface area contributed by atoms with Crippen molar-refractivity contribution in [2.45, 2.75) is 33.2 Å². The molecular formula is C21H26N4O. The molecule has 2 heterocycles. The predicted octanol–water partition coefficient (Wildman–Crippen LogP) is 4.98. The van der Waals surface area contributed by atoms with Crippen molar-refractivity contribution in [3.63, 3.8) is 0 Å². The number of rotatable bonds is 9. The number of aromatic nitrogens is 2. The fourth-order valence-corrected chi connectivity index (χ4v) is 2.87. The average Bonchev–Trinajstić information content (AvgIpc) is 3.20. The molecule has 1 aromatic carbocycles. The van der Waals surface area contributed by atoms with E-state index >= 15 is 0 Å². The minimum atomic E-state index is 0.596. The molecule has 0 amide bonds. The SMILES string of the molecule is CCCN(CCC)c1cc(NCc2ccco2)nc(-c2ccccc2)n1. The van der Waals surface area contributed by atoms with Crippen LogP contribution in [0.25, 0.3) is 11.4 Å². The zero-order valence-corrected chi connectivity index (χ0v) is 15.5. The maximum Gasteiger partial charge on any atom is 0.163 e. The lowest BCUT2D eigenvalue weighted by Crippen LogP contribution is -2.26. The van der Waals surface area contributed by atoms with Crippen LogP contribution >= 0.6 is 0 Å². The topological polar surface area (TPSA) is 54.2 Å². The molecule has 0 spiro atoms. The Balaban J connectivity index is 1.92. The van der Waals surface area contributed by atoms with Crippen LogP contribution < -0.4 is 10.2 Å². The minimum absolute atomic E-state index is 0.596. The van der Waals surface area contributed by atoms with Crippen LogP contribution in [0.4, 0.5) is 11.6 Å². The Morgan fingerprint density at radius 2 is 1.73 bits per heavy atom. The van der Waals surface area contributed by atoms with Gasteiger partial charge in [-0.05, 0) is 25.0 Å². The largest absolute Gasteiger partial charge is 0.467 e. The number of benzene rings is 1.